The van der Waals surface area contributed by atoms with Crippen LogP contribution >= 0.6 is 7.82 Å². The number of nitrogens with one attached hydrogen (secondary N) is 1. The van der Waals surface area contributed by atoms with Gasteiger partial charge in [-0.25, -0.2) is 0 Å². The summed E-state index contributed by atoms with van der Waals surface area (Å²) in [4.78, 5) is 25.0. The molecule has 0 aromatic rings. The van der Waals surface area contributed by atoms with Gasteiger partial charge in [0.15, 0.2) is 0 Å². The van der Waals surface area contributed by atoms with Crippen molar-refractivity contribution in [2.24, 2.45) is 0 Å². The number of unbranched alkanes of at least 4 members (excludes halogenated alkanes) is 3. The number of nitrogens with zero attached hydrogens (tertiary/aromatic N) is 1. The molecule has 0 radical (unpaired) electrons. The lowest BCUT2D eigenvalue weighted by molar-refractivity contribution is -0.870. The predicted octanol–water partition coefficient (Wildman–Crippen LogP) is 9.55. The van der Waals surface area contributed by atoms with Crippen molar-refractivity contribution >= 4 is 13.7 Å². The number of amides is 1. The number of rotatable bonds is 32. The maximum Gasteiger partial charge on any atom is 0.268 e. The second-order valence-electron chi connectivity index (χ2n) is 13.5. The maximum atomic E-state index is 12.7. The number of phosphoric acid groups is 1. The molecule has 0 saturated heterocycles. The van der Waals surface area contributed by atoms with E-state index >= 15 is 0 Å². The van der Waals surface area contributed by atoms with E-state index in [4.69, 9.17) is 9.05 Å². The van der Waals surface area contributed by atoms with Crippen LogP contribution in [0.25, 0.3) is 0 Å². The maximum absolute atomic E-state index is 12.7. The highest BCUT2D eigenvalue weighted by Crippen LogP contribution is 2.38. The van der Waals surface area contributed by atoms with Crippen molar-refractivity contribution in [2.75, 3.05) is 40.9 Å². The standard InChI is InChI=1S/C43H71N2O6P/c1-6-8-10-12-14-15-16-17-18-19-20-21-22-23-24-25-26-27-28-29-31-33-35-37-43(47)44-41(42(46)36-34-32-30-13-11-9-7-2)40-51-52(48,49)50-39-38-45(3,4)5/h8,10-11,13-15,17-18,20-21,23-24,26-27,29,31,34,36,41-42,46H,6-7,9,12,16,19,22,25,28,30,32-33,35,37-40H2,1-5H3,(H-,44,47,48,49)/b10-8-,13-11+,15-14-,18-17-,21-20-,24-23-,27-26-,31-29-,36-34+. The SMILES string of the molecule is CC/C=C\C/C=C\C/C=C\C/C=C\C/C=C\C/C=C\C/C=C\CCCC(=O)NC(COP(=O)([O-])OCC[N+](C)(C)C)C(O)/C=C/CC/C=C/CCC. The molecule has 0 aliphatic carbocycles. The predicted molar refractivity (Wildman–Crippen MR) is 219 cm³/mol. The van der Waals surface area contributed by atoms with Crippen LogP contribution in [0, 0.1) is 0 Å². The zero-order chi connectivity index (χ0) is 38.6. The molecule has 0 fully saturated rings. The smallest absolute Gasteiger partial charge is 0.268 e. The van der Waals surface area contributed by atoms with E-state index in [0.29, 0.717) is 17.4 Å². The average Bonchev–Trinajstić information content (AvgIpc) is 3.09. The second kappa shape index (κ2) is 34.0. The third-order valence-electron chi connectivity index (χ3n) is 7.45. The van der Waals surface area contributed by atoms with Crippen LogP contribution in [0.2, 0.25) is 0 Å². The first-order chi connectivity index (χ1) is 25.0. The summed E-state index contributed by atoms with van der Waals surface area (Å²) in [5.74, 6) is -0.277. The van der Waals surface area contributed by atoms with Crippen molar-refractivity contribution in [1.82, 2.24) is 5.32 Å². The van der Waals surface area contributed by atoms with E-state index in [0.717, 1.165) is 77.0 Å². The number of aliphatic hydroxyl groups excluding tert-OH is 1. The minimum atomic E-state index is -4.61. The Balaban J connectivity index is 4.49. The number of quaternary nitrogens is 1. The van der Waals surface area contributed by atoms with Crippen LogP contribution in [0.4, 0.5) is 0 Å². The third kappa shape index (κ3) is 35.6. The molecule has 0 aliphatic rings. The zero-order valence-electron chi connectivity index (χ0n) is 33.0. The number of aliphatic hydroxyl groups is 1. The number of carbonyl (C=O) groups excluding carboxylic acids is 1. The molecule has 0 heterocycles. The van der Waals surface area contributed by atoms with Crippen molar-refractivity contribution in [3.8, 4) is 0 Å². The van der Waals surface area contributed by atoms with Gasteiger partial charge in [-0.1, -0.05) is 130 Å². The largest absolute Gasteiger partial charge is 0.756 e. The molecule has 294 valence electrons. The van der Waals surface area contributed by atoms with Crippen LogP contribution in [0.5, 0.6) is 0 Å². The summed E-state index contributed by atoms with van der Waals surface area (Å²) < 4.78 is 22.9. The fourth-order valence-electron chi connectivity index (χ4n) is 4.40. The van der Waals surface area contributed by atoms with Crippen molar-refractivity contribution in [3.63, 3.8) is 0 Å². The van der Waals surface area contributed by atoms with Crippen molar-refractivity contribution in [3.05, 3.63) is 109 Å². The number of allylic oxidation sites excluding steroid dienone is 17. The Morgan fingerprint density at radius 3 is 1.65 bits per heavy atom. The van der Waals surface area contributed by atoms with E-state index in [-0.39, 0.29) is 18.9 Å². The Kier molecular flexibility index (Phi) is 32.1. The summed E-state index contributed by atoms with van der Waals surface area (Å²) in [5.41, 5.74) is 0. The molecule has 3 atom stereocenters. The molecule has 52 heavy (non-hydrogen) atoms. The van der Waals surface area contributed by atoms with Gasteiger partial charge in [0.05, 0.1) is 39.9 Å². The minimum absolute atomic E-state index is 0.0249. The summed E-state index contributed by atoms with van der Waals surface area (Å²) in [6, 6.07) is -0.938. The molecule has 9 heteroatoms. The second-order valence-corrected chi connectivity index (χ2v) is 14.9. The van der Waals surface area contributed by atoms with Gasteiger partial charge in [-0.3, -0.25) is 9.36 Å². The highest BCUT2D eigenvalue weighted by atomic mass is 31.2. The quantitative estimate of drug-likeness (QED) is 0.0308. The van der Waals surface area contributed by atoms with Crippen molar-refractivity contribution in [2.45, 2.75) is 116 Å². The molecule has 0 spiro atoms. The molecule has 0 rings (SSSR count). The van der Waals surface area contributed by atoms with Crippen molar-refractivity contribution < 1.29 is 32.9 Å². The van der Waals surface area contributed by atoms with Gasteiger partial charge in [0, 0.05) is 6.42 Å². The van der Waals surface area contributed by atoms with E-state index in [9.17, 15) is 19.4 Å². The first-order valence-corrected chi connectivity index (χ1v) is 20.7. The Bertz CT molecular complexity index is 1210. The highest BCUT2D eigenvalue weighted by molar-refractivity contribution is 7.45. The molecule has 3 unspecified atom stereocenters. The van der Waals surface area contributed by atoms with Crippen LogP contribution < -0.4 is 10.2 Å². The number of likely N-dealkylation sites (N-methyl/N-ethyl adjacent to an activating group) is 1. The highest BCUT2D eigenvalue weighted by Gasteiger charge is 2.23. The van der Waals surface area contributed by atoms with Gasteiger partial charge >= 0.3 is 0 Å². The van der Waals surface area contributed by atoms with Gasteiger partial charge < -0.3 is 28.8 Å². The zero-order valence-corrected chi connectivity index (χ0v) is 33.8. The minimum Gasteiger partial charge on any atom is -0.756 e. The fourth-order valence-corrected chi connectivity index (χ4v) is 5.12. The first kappa shape index (κ1) is 49.2. The topological polar surface area (TPSA) is 108 Å². The summed E-state index contributed by atoms with van der Waals surface area (Å²) in [6.45, 7) is 4.30. The number of hydrogen-bond acceptors (Lipinski definition) is 6. The summed E-state index contributed by atoms with van der Waals surface area (Å²) in [6.07, 6.45) is 48.9. The van der Waals surface area contributed by atoms with Gasteiger partial charge in [-0.05, 0) is 77.0 Å². The molecular formula is C43H71N2O6P. The van der Waals surface area contributed by atoms with Crippen LogP contribution in [0.3, 0.4) is 0 Å². The van der Waals surface area contributed by atoms with E-state index < -0.39 is 26.6 Å². The van der Waals surface area contributed by atoms with Gasteiger partial charge in [-0.15, -0.1) is 0 Å². The Morgan fingerprint density at radius 1 is 0.692 bits per heavy atom. The van der Waals surface area contributed by atoms with E-state index in [1.54, 1.807) is 6.08 Å². The molecule has 0 saturated carbocycles. The number of hydrogen-bond donors (Lipinski definition) is 2. The van der Waals surface area contributed by atoms with E-state index in [2.05, 4.69) is 116 Å². The Hall–Kier alpha value is -2.84. The van der Waals surface area contributed by atoms with Crippen LogP contribution in [-0.2, 0) is 18.4 Å². The molecule has 1 amide bonds. The van der Waals surface area contributed by atoms with Gasteiger partial charge in [0.1, 0.15) is 13.2 Å². The third-order valence-corrected chi connectivity index (χ3v) is 8.41. The number of carbonyl (C=O) groups is 1. The van der Waals surface area contributed by atoms with Gasteiger partial charge in [0.25, 0.3) is 7.82 Å². The first-order valence-electron chi connectivity index (χ1n) is 19.2. The van der Waals surface area contributed by atoms with Crippen LogP contribution in [0.1, 0.15) is 104 Å². The molecule has 0 bridgehead atoms. The number of phosphoric ester groups is 1. The van der Waals surface area contributed by atoms with E-state index in [1.165, 1.54) is 0 Å². The molecule has 0 aromatic carbocycles. The lowest BCUT2D eigenvalue weighted by Crippen LogP contribution is -2.45. The molecule has 0 aromatic heterocycles. The van der Waals surface area contributed by atoms with Crippen molar-refractivity contribution in [1.29, 1.82) is 0 Å². The molecular weight excluding hydrogens is 671 g/mol. The normalized spacial score (nSPS) is 15.8. The summed E-state index contributed by atoms with van der Waals surface area (Å²) >= 11 is 0. The van der Waals surface area contributed by atoms with Gasteiger partial charge in [-0.2, -0.15) is 0 Å². The van der Waals surface area contributed by atoms with Crippen LogP contribution in [-0.4, -0.2) is 68.5 Å². The fraction of sp³-hybridized carbons (Fsp3) is 0.558. The molecule has 8 nitrogen and oxygen atoms in total. The van der Waals surface area contributed by atoms with Crippen LogP contribution in [0.15, 0.2) is 109 Å². The summed E-state index contributed by atoms with van der Waals surface area (Å²) in [5, 5.41) is 13.5. The monoisotopic (exact) mass is 743 g/mol. The van der Waals surface area contributed by atoms with E-state index in [1.807, 2.05) is 27.2 Å². The van der Waals surface area contributed by atoms with Gasteiger partial charge in [0.2, 0.25) is 5.91 Å². The molecule has 2 N–H and O–H groups in total. The summed E-state index contributed by atoms with van der Waals surface area (Å²) in [7, 11) is 1.18. The Labute approximate surface area is 317 Å². The average molecular weight is 743 g/mol. The lowest BCUT2D eigenvalue weighted by atomic mass is 10.1. The lowest BCUT2D eigenvalue weighted by Gasteiger charge is -2.29. The Morgan fingerprint density at radius 2 is 1.15 bits per heavy atom. The molecule has 0 aliphatic heterocycles.